The van der Waals surface area contributed by atoms with Crippen LogP contribution in [0, 0.1) is 11.3 Å². The third-order valence-electron chi connectivity index (χ3n) is 5.28. The fraction of sp³-hybridized carbons (Fsp3) is 0.250. The van der Waals surface area contributed by atoms with Crippen molar-refractivity contribution < 1.29 is 38.3 Å². The molecule has 1 N–H and O–H groups in total. The number of hydrogen-bond donors (Lipinski definition) is 1. The molecule has 0 aliphatic heterocycles. The SMILES string of the molecule is COc1cc(C#N)ncc1Oc1ccc(OC(C)C)cc1.COc1cc(C(=O)O)ncc1Oc1ccc(OC(C)C)cc1. The van der Waals surface area contributed by atoms with E-state index in [9.17, 15) is 4.79 Å². The first-order chi connectivity index (χ1) is 20.6. The molecule has 224 valence electrons. The quantitative estimate of drug-likeness (QED) is 0.195. The molecule has 43 heavy (non-hydrogen) atoms. The summed E-state index contributed by atoms with van der Waals surface area (Å²) >= 11 is 0. The fourth-order valence-electron chi connectivity index (χ4n) is 3.47. The molecular formula is C32H33N3O8. The van der Waals surface area contributed by atoms with Crippen molar-refractivity contribution in [1.29, 1.82) is 5.26 Å². The molecule has 0 aliphatic carbocycles. The maximum absolute atomic E-state index is 10.9. The van der Waals surface area contributed by atoms with E-state index in [1.54, 1.807) is 36.4 Å². The lowest BCUT2D eigenvalue weighted by Gasteiger charge is -2.12. The minimum Gasteiger partial charge on any atom is -0.493 e. The van der Waals surface area contributed by atoms with Gasteiger partial charge < -0.3 is 33.5 Å². The maximum Gasteiger partial charge on any atom is 0.354 e. The number of hydrogen-bond acceptors (Lipinski definition) is 10. The zero-order valence-electron chi connectivity index (χ0n) is 24.7. The van der Waals surface area contributed by atoms with E-state index in [1.165, 1.54) is 38.7 Å². The van der Waals surface area contributed by atoms with Crippen molar-refractivity contribution in [1.82, 2.24) is 9.97 Å². The zero-order valence-corrected chi connectivity index (χ0v) is 24.7. The molecule has 0 atom stereocenters. The minimum absolute atomic E-state index is 0.0969. The highest BCUT2D eigenvalue weighted by Gasteiger charge is 2.13. The van der Waals surface area contributed by atoms with E-state index in [4.69, 9.17) is 38.8 Å². The normalized spacial score (nSPS) is 10.2. The molecule has 2 aromatic carbocycles. The third kappa shape index (κ3) is 9.82. The molecule has 2 aromatic heterocycles. The van der Waals surface area contributed by atoms with Crippen LogP contribution in [-0.4, -0.2) is 47.5 Å². The molecular weight excluding hydrogens is 554 g/mol. The number of pyridine rings is 2. The van der Waals surface area contributed by atoms with Gasteiger partial charge in [-0.2, -0.15) is 5.26 Å². The summed E-state index contributed by atoms with van der Waals surface area (Å²) in [6.07, 6.45) is 3.01. The first-order valence-electron chi connectivity index (χ1n) is 13.2. The Hall–Kier alpha value is -5.50. The number of rotatable bonds is 11. The minimum atomic E-state index is -1.12. The molecule has 11 heteroatoms. The molecule has 0 fully saturated rings. The number of methoxy groups -OCH3 is 2. The number of nitrogens with zero attached hydrogens (tertiary/aromatic N) is 3. The highest BCUT2D eigenvalue weighted by atomic mass is 16.5. The number of benzene rings is 2. The summed E-state index contributed by atoms with van der Waals surface area (Å²) in [5.74, 6) is 3.16. The van der Waals surface area contributed by atoms with Crippen LogP contribution in [-0.2, 0) is 0 Å². The van der Waals surface area contributed by atoms with Gasteiger partial charge in [-0.05, 0) is 76.2 Å². The zero-order chi connectivity index (χ0) is 31.4. The largest absolute Gasteiger partial charge is 0.493 e. The lowest BCUT2D eigenvalue weighted by atomic mass is 10.3. The van der Waals surface area contributed by atoms with Gasteiger partial charge in [-0.25, -0.2) is 14.8 Å². The predicted molar refractivity (Wildman–Crippen MR) is 158 cm³/mol. The summed E-state index contributed by atoms with van der Waals surface area (Å²) in [7, 11) is 2.95. The van der Waals surface area contributed by atoms with Crippen LogP contribution in [0.25, 0.3) is 0 Å². The fourth-order valence-corrected chi connectivity index (χ4v) is 3.47. The van der Waals surface area contributed by atoms with Crippen molar-refractivity contribution in [2.45, 2.75) is 39.9 Å². The van der Waals surface area contributed by atoms with Gasteiger partial charge in [0, 0.05) is 12.1 Å². The van der Waals surface area contributed by atoms with E-state index in [2.05, 4.69) is 9.97 Å². The molecule has 0 unspecified atom stereocenters. The van der Waals surface area contributed by atoms with E-state index >= 15 is 0 Å². The molecule has 0 saturated heterocycles. The first kappa shape index (κ1) is 32.0. The second-order valence-electron chi connectivity index (χ2n) is 9.34. The van der Waals surface area contributed by atoms with E-state index in [0.29, 0.717) is 34.5 Å². The summed E-state index contributed by atoms with van der Waals surface area (Å²) in [5, 5.41) is 17.7. The van der Waals surface area contributed by atoms with Crippen molar-refractivity contribution in [3.63, 3.8) is 0 Å². The van der Waals surface area contributed by atoms with Gasteiger partial charge in [0.1, 0.15) is 34.8 Å². The predicted octanol–water partition coefficient (Wildman–Crippen LogP) is 6.91. The second-order valence-corrected chi connectivity index (χ2v) is 9.34. The molecule has 11 nitrogen and oxygen atoms in total. The highest BCUT2D eigenvalue weighted by Crippen LogP contribution is 2.33. The number of carboxylic acid groups (broad SMARTS) is 1. The molecule has 0 amide bonds. The summed E-state index contributed by atoms with van der Waals surface area (Å²) in [6.45, 7) is 7.84. The number of aromatic nitrogens is 2. The monoisotopic (exact) mass is 587 g/mol. The van der Waals surface area contributed by atoms with Gasteiger partial charge in [-0.15, -0.1) is 0 Å². The van der Waals surface area contributed by atoms with Crippen molar-refractivity contribution in [3.05, 3.63) is 84.4 Å². The van der Waals surface area contributed by atoms with Gasteiger partial charge in [0.15, 0.2) is 28.7 Å². The number of carboxylic acids is 1. The van der Waals surface area contributed by atoms with Crippen molar-refractivity contribution in [2.24, 2.45) is 0 Å². The van der Waals surface area contributed by atoms with E-state index in [-0.39, 0.29) is 23.6 Å². The van der Waals surface area contributed by atoms with Gasteiger partial charge in [0.05, 0.1) is 38.8 Å². The van der Waals surface area contributed by atoms with Crippen LogP contribution in [0.3, 0.4) is 0 Å². The van der Waals surface area contributed by atoms with E-state index in [0.717, 1.165) is 11.5 Å². The standard InChI is InChI=1S/C16H16N2O3.C16H17NO5/c1-11(2)20-13-4-6-14(7-5-13)21-16-10-18-12(9-17)8-15(16)19-3;1-10(2)21-11-4-6-12(7-5-11)22-15-9-17-13(16(18)19)8-14(15)20-3/h4-8,10-11H,1-3H3;4-10H,1-3H3,(H,18,19). The Labute approximate surface area is 250 Å². The second kappa shape index (κ2) is 15.5. The maximum atomic E-state index is 10.9. The number of carbonyl (C=O) groups is 1. The van der Waals surface area contributed by atoms with Crippen molar-refractivity contribution in [2.75, 3.05) is 14.2 Å². The molecule has 0 saturated carbocycles. The molecule has 0 bridgehead atoms. The Bertz CT molecular complexity index is 1530. The molecule has 4 aromatic rings. The highest BCUT2D eigenvalue weighted by molar-refractivity contribution is 5.86. The van der Waals surface area contributed by atoms with Gasteiger partial charge in [0.25, 0.3) is 0 Å². The van der Waals surface area contributed by atoms with Gasteiger partial charge in [-0.3, -0.25) is 0 Å². The lowest BCUT2D eigenvalue weighted by Crippen LogP contribution is -2.05. The van der Waals surface area contributed by atoms with Crippen LogP contribution in [0.1, 0.15) is 43.9 Å². The van der Waals surface area contributed by atoms with Gasteiger partial charge >= 0.3 is 5.97 Å². The van der Waals surface area contributed by atoms with Crippen LogP contribution in [0.2, 0.25) is 0 Å². The van der Waals surface area contributed by atoms with Crippen LogP contribution in [0.4, 0.5) is 0 Å². The first-order valence-corrected chi connectivity index (χ1v) is 13.2. The number of nitriles is 1. The Kier molecular flexibility index (Phi) is 11.5. The van der Waals surface area contributed by atoms with Crippen molar-refractivity contribution in [3.8, 4) is 52.1 Å². The Morgan fingerprint density at radius 1 is 0.698 bits per heavy atom. The molecule has 0 radical (unpaired) electrons. The van der Waals surface area contributed by atoms with Gasteiger partial charge in [0.2, 0.25) is 0 Å². The summed E-state index contributed by atoms with van der Waals surface area (Å²) < 4.78 is 32.8. The number of aromatic carboxylic acids is 1. The Balaban J connectivity index is 0.000000236. The van der Waals surface area contributed by atoms with Gasteiger partial charge in [-0.1, -0.05) is 0 Å². The Morgan fingerprint density at radius 3 is 1.51 bits per heavy atom. The lowest BCUT2D eigenvalue weighted by molar-refractivity contribution is 0.0690. The van der Waals surface area contributed by atoms with Crippen LogP contribution in [0.5, 0.6) is 46.0 Å². The molecule has 0 spiro atoms. The summed E-state index contributed by atoms with van der Waals surface area (Å²) in [4.78, 5) is 18.7. The van der Waals surface area contributed by atoms with E-state index in [1.807, 2.05) is 45.9 Å². The molecule has 0 aliphatic rings. The Morgan fingerprint density at radius 2 is 1.12 bits per heavy atom. The average Bonchev–Trinajstić information content (AvgIpc) is 2.99. The van der Waals surface area contributed by atoms with Crippen molar-refractivity contribution >= 4 is 5.97 Å². The van der Waals surface area contributed by atoms with Crippen LogP contribution < -0.4 is 28.4 Å². The summed E-state index contributed by atoms with van der Waals surface area (Å²) in [6, 6.07) is 19.2. The van der Waals surface area contributed by atoms with Crippen LogP contribution >= 0.6 is 0 Å². The van der Waals surface area contributed by atoms with Crippen LogP contribution in [0.15, 0.2) is 73.1 Å². The summed E-state index contributed by atoms with van der Waals surface area (Å²) in [5.41, 5.74) is 0.171. The molecule has 4 rings (SSSR count). The molecule has 2 heterocycles. The third-order valence-corrected chi connectivity index (χ3v) is 5.28. The smallest absolute Gasteiger partial charge is 0.354 e. The average molecular weight is 588 g/mol. The van der Waals surface area contributed by atoms with E-state index < -0.39 is 5.97 Å². The number of ether oxygens (including phenoxy) is 6. The topological polar surface area (TPSA) is 142 Å².